The van der Waals surface area contributed by atoms with E-state index in [0.717, 1.165) is 6.42 Å². The van der Waals surface area contributed by atoms with E-state index >= 15 is 0 Å². The third-order valence-corrected chi connectivity index (χ3v) is 2.50. The summed E-state index contributed by atoms with van der Waals surface area (Å²) in [5.41, 5.74) is 0.444. The molecule has 1 rings (SSSR count). The molecule has 0 aromatic heterocycles. The molecule has 1 heterocycles. The van der Waals surface area contributed by atoms with Crippen molar-refractivity contribution in [1.29, 1.82) is 0 Å². The van der Waals surface area contributed by atoms with Crippen LogP contribution in [0.25, 0.3) is 0 Å². The SMILES string of the molecule is CCC1CSC(C)O1. The number of hydrogen-bond donors (Lipinski definition) is 0. The lowest BCUT2D eigenvalue weighted by Gasteiger charge is -2.04. The summed E-state index contributed by atoms with van der Waals surface area (Å²) in [7, 11) is 0. The Morgan fingerprint density at radius 1 is 1.75 bits per heavy atom. The van der Waals surface area contributed by atoms with Gasteiger partial charge in [-0.2, -0.15) is 0 Å². The van der Waals surface area contributed by atoms with Crippen molar-refractivity contribution in [3.63, 3.8) is 0 Å². The maximum absolute atomic E-state index is 5.47. The number of rotatable bonds is 1. The predicted molar refractivity (Wildman–Crippen MR) is 37.1 cm³/mol. The topological polar surface area (TPSA) is 9.23 Å². The van der Waals surface area contributed by atoms with E-state index < -0.39 is 0 Å². The van der Waals surface area contributed by atoms with Crippen LogP contribution in [0.2, 0.25) is 0 Å². The molecule has 0 saturated carbocycles. The fraction of sp³-hybridized carbons (Fsp3) is 1.00. The minimum absolute atomic E-state index is 0.444. The average molecular weight is 132 g/mol. The molecule has 0 aromatic rings. The quantitative estimate of drug-likeness (QED) is 0.538. The van der Waals surface area contributed by atoms with Crippen molar-refractivity contribution >= 4 is 11.8 Å². The molecule has 1 nitrogen and oxygen atoms in total. The minimum atomic E-state index is 0.444. The monoisotopic (exact) mass is 132 g/mol. The molecule has 1 fully saturated rings. The van der Waals surface area contributed by atoms with Gasteiger partial charge in [0.1, 0.15) is 5.44 Å². The van der Waals surface area contributed by atoms with Gasteiger partial charge < -0.3 is 4.74 Å². The van der Waals surface area contributed by atoms with E-state index in [-0.39, 0.29) is 0 Å². The zero-order valence-corrected chi connectivity index (χ0v) is 6.20. The zero-order valence-electron chi connectivity index (χ0n) is 5.39. The predicted octanol–water partition coefficient (Wildman–Crippen LogP) is 1.87. The van der Waals surface area contributed by atoms with Gasteiger partial charge >= 0.3 is 0 Å². The van der Waals surface area contributed by atoms with Crippen molar-refractivity contribution in [1.82, 2.24) is 0 Å². The first-order valence-electron chi connectivity index (χ1n) is 3.10. The third-order valence-electron chi connectivity index (χ3n) is 1.36. The summed E-state index contributed by atoms with van der Waals surface area (Å²) in [4.78, 5) is 0. The van der Waals surface area contributed by atoms with Gasteiger partial charge in [-0.1, -0.05) is 6.92 Å². The van der Waals surface area contributed by atoms with Crippen molar-refractivity contribution in [2.45, 2.75) is 31.8 Å². The van der Waals surface area contributed by atoms with Crippen LogP contribution in [0.5, 0.6) is 0 Å². The molecule has 0 aromatic carbocycles. The Bertz CT molecular complexity index is 74.9. The Balaban J connectivity index is 2.22. The van der Waals surface area contributed by atoms with E-state index in [1.165, 1.54) is 5.75 Å². The fourth-order valence-corrected chi connectivity index (χ4v) is 1.84. The summed E-state index contributed by atoms with van der Waals surface area (Å²) in [5.74, 6) is 1.19. The van der Waals surface area contributed by atoms with Crippen LogP contribution >= 0.6 is 11.8 Å². The first kappa shape index (κ1) is 6.43. The molecule has 2 atom stereocenters. The first-order chi connectivity index (χ1) is 3.83. The zero-order chi connectivity index (χ0) is 5.98. The molecule has 2 heteroatoms. The van der Waals surface area contributed by atoms with Crippen LogP contribution in [0.4, 0.5) is 0 Å². The van der Waals surface area contributed by atoms with Gasteiger partial charge in [-0.15, -0.1) is 11.8 Å². The van der Waals surface area contributed by atoms with Crippen LogP contribution < -0.4 is 0 Å². The van der Waals surface area contributed by atoms with Gasteiger partial charge in [0, 0.05) is 5.75 Å². The molecule has 48 valence electrons. The van der Waals surface area contributed by atoms with Gasteiger partial charge in [0.05, 0.1) is 6.10 Å². The Hall–Kier alpha value is 0.310. The highest BCUT2D eigenvalue weighted by atomic mass is 32.2. The number of thioether (sulfide) groups is 1. The maximum Gasteiger partial charge on any atom is 0.100 e. The highest BCUT2D eigenvalue weighted by Gasteiger charge is 2.19. The van der Waals surface area contributed by atoms with E-state index in [1.54, 1.807) is 0 Å². The lowest BCUT2D eigenvalue weighted by Crippen LogP contribution is -2.07. The molecule has 0 amide bonds. The third kappa shape index (κ3) is 1.39. The lowest BCUT2D eigenvalue weighted by atomic mass is 10.3. The van der Waals surface area contributed by atoms with Gasteiger partial charge in [-0.05, 0) is 13.3 Å². The number of hydrogen-bond acceptors (Lipinski definition) is 2. The molecule has 1 aliphatic rings. The lowest BCUT2D eigenvalue weighted by molar-refractivity contribution is 0.0736. The molecular formula is C6H12OS. The van der Waals surface area contributed by atoms with Gasteiger partial charge in [-0.3, -0.25) is 0 Å². The van der Waals surface area contributed by atoms with Gasteiger partial charge in [-0.25, -0.2) is 0 Å². The second-order valence-corrected chi connectivity index (χ2v) is 3.40. The summed E-state index contributed by atoms with van der Waals surface area (Å²) >= 11 is 1.91. The Kier molecular flexibility index (Phi) is 2.20. The summed E-state index contributed by atoms with van der Waals surface area (Å²) in [6, 6.07) is 0. The highest BCUT2D eigenvalue weighted by Crippen LogP contribution is 2.25. The maximum atomic E-state index is 5.47. The minimum Gasteiger partial charge on any atom is -0.364 e. The summed E-state index contributed by atoms with van der Waals surface area (Å²) in [5, 5.41) is 0. The number of ether oxygens (including phenoxy) is 1. The van der Waals surface area contributed by atoms with Crippen LogP contribution in [0, 0.1) is 0 Å². The molecule has 0 N–H and O–H groups in total. The first-order valence-corrected chi connectivity index (χ1v) is 4.15. The van der Waals surface area contributed by atoms with Crippen molar-refractivity contribution in [3.05, 3.63) is 0 Å². The van der Waals surface area contributed by atoms with E-state index in [0.29, 0.717) is 11.5 Å². The van der Waals surface area contributed by atoms with Gasteiger partial charge in [0.2, 0.25) is 0 Å². The molecule has 0 aliphatic carbocycles. The molecule has 8 heavy (non-hydrogen) atoms. The van der Waals surface area contributed by atoms with E-state index in [4.69, 9.17) is 4.74 Å². The molecule has 0 bridgehead atoms. The van der Waals surface area contributed by atoms with Crippen molar-refractivity contribution in [2.75, 3.05) is 5.75 Å². The second kappa shape index (κ2) is 2.74. The van der Waals surface area contributed by atoms with Crippen molar-refractivity contribution in [3.8, 4) is 0 Å². The molecule has 1 aliphatic heterocycles. The van der Waals surface area contributed by atoms with Crippen LogP contribution in [-0.2, 0) is 4.74 Å². The summed E-state index contributed by atoms with van der Waals surface area (Å²) in [6.07, 6.45) is 1.70. The highest BCUT2D eigenvalue weighted by molar-refractivity contribution is 7.99. The molecular weight excluding hydrogens is 120 g/mol. The molecule has 0 radical (unpaired) electrons. The molecule has 0 spiro atoms. The normalized spacial score (nSPS) is 38.2. The molecule has 1 saturated heterocycles. The van der Waals surface area contributed by atoms with Crippen LogP contribution in [-0.4, -0.2) is 17.3 Å². The van der Waals surface area contributed by atoms with Crippen LogP contribution in [0.3, 0.4) is 0 Å². The van der Waals surface area contributed by atoms with Crippen molar-refractivity contribution in [2.24, 2.45) is 0 Å². The van der Waals surface area contributed by atoms with Crippen molar-refractivity contribution < 1.29 is 4.74 Å². The van der Waals surface area contributed by atoms with E-state index in [9.17, 15) is 0 Å². The Labute approximate surface area is 54.8 Å². The van der Waals surface area contributed by atoms with E-state index in [2.05, 4.69) is 13.8 Å². The van der Waals surface area contributed by atoms with Gasteiger partial charge in [0.15, 0.2) is 0 Å². The second-order valence-electron chi connectivity index (χ2n) is 2.07. The van der Waals surface area contributed by atoms with Crippen LogP contribution in [0.15, 0.2) is 0 Å². The fourth-order valence-electron chi connectivity index (χ4n) is 0.806. The standard InChI is InChI=1S/C6H12OS/c1-3-6-4-8-5(2)7-6/h5-6H,3-4H2,1-2H3. The van der Waals surface area contributed by atoms with E-state index in [1.807, 2.05) is 11.8 Å². The largest absolute Gasteiger partial charge is 0.364 e. The Morgan fingerprint density at radius 2 is 2.50 bits per heavy atom. The molecule has 2 unspecified atom stereocenters. The summed E-state index contributed by atoms with van der Waals surface area (Å²) < 4.78 is 5.47. The smallest absolute Gasteiger partial charge is 0.100 e. The Morgan fingerprint density at radius 3 is 2.75 bits per heavy atom. The average Bonchev–Trinajstić information content (AvgIpc) is 2.14. The van der Waals surface area contributed by atoms with Gasteiger partial charge in [0.25, 0.3) is 0 Å². The van der Waals surface area contributed by atoms with Crippen LogP contribution in [0.1, 0.15) is 20.3 Å². The summed E-state index contributed by atoms with van der Waals surface area (Å²) in [6.45, 7) is 4.28.